The van der Waals surface area contributed by atoms with Crippen LogP contribution in [0.5, 0.6) is 11.5 Å². The number of hydrogen-bond acceptors (Lipinski definition) is 7. The SMILES string of the molecule is COc1ccc(-c2csc(-c3ccc(CNc4ncccn4)cc3)n2)cc1OC. The van der Waals surface area contributed by atoms with Gasteiger partial charge in [-0.05, 0) is 29.8 Å². The van der Waals surface area contributed by atoms with Crippen molar-refractivity contribution in [2.45, 2.75) is 6.54 Å². The van der Waals surface area contributed by atoms with Crippen LogP contribution in [0.3, 0.4) is 0 Å². The Balaban J connectivity index is 1.48. The first kappa shape index (κ1) is 18.9. The molecule has 29 heavy (non-hydrogen) atoms. The van der Waals surface area contributed by atoms with Crippen LogP contribution in [0.1, 0.15) is 5.56 Å². The van der Waals surface area contributed by atoms with E-state index in [4.69, 9.17) is 14.5 Å². The van der Waals surface area contributed by atoms with Crippen LogP contribution in [0.2, 0.25) is 0 Å². The number of nitrogens with one attached hydrogen (secondary N) is 1. The lowest BCUT2D eigenvalue weighted by Crippen LogP contribution is -2.02. The van der Waals surface area contributed by atoms with Crippen molar-refractivity contribution in [2.75, 3.05) is 19.5 Å². The van der Waals surface area contributed by atoms with Gasteiger partial charge in [-0.25, -0.2) is 15.0 Å². The molecule has 0 saturated heterocycles. The van der Waals surface area contributed by atoms with Crippen molar-refractivity contribution >= 4 is 17.3 Å². The van der Waals surface area contributed by atoms with Crippen LogP contribution >= 0.6 is 11.3 Å². The van der Waals surface area contributed by atoms with Crippen molar-refractivity contribution in [3.8, 4) is 33.3 Å². The molecule has 0 aliphatic carbocycles. The molecule has 0 aliphatic heterocycles. The van der Waals surface area contributed by atoms with Crippen molar-refractivity contribution in [3.05, 3.63) is 71.9 Å². The lowest BCUT2D eigenvalue weighted by Gasteiger charge is -2.08. The van der Waals surface area contributed by atoms with Gasteiger partial charge in [0.15, 0.2) is 11.5 Å². The van der Waals surface area contributed by atoms with Crippen LogP contribution in [0, 0.1) is 0 Å². The van der Waals surface area contributed by atoms with E-state index >= 15 is 0 Å². The molecule has 7 heteroatoms. The minimum atomic E-state index is 0.621. The van der Waals surface area contributed by atoms with E-state index in [2.05, 4.69) is 44.9 Å². The predicted molar refractivity (Wildman–Crippen MR) is 115 cm³/mol. The van der Waals surface area contributed by atoms with Gasteiger partial charge >= 0.3 is 0 Å². The van der Waals surface area contributed by atoms with Crippen molar-refractivity contribution in [2.24, 2.45) is 0 Å². The van der Waals surface area contributed by atoms with E-state index in [0.29, 0.717) is 24.0 Å². The molecule has 0 spiro atoms. The summed E-state index contributed by atoms with van der Waals surface area (Å²) >= 11 is 1.62. The molecule has 0 bridgehead atoms. The molecule has 0 saturated carbocycles. The number of aromatic nitrogens is 3. The van der Waals surface area contributed by atoms with Gasteiger partial charge in [0, 0.05) is 35.4 Å². The maximum absolute atomic E-state index is 5.39. The molecular weight excluding hydrogens is 384 g/mol. The highest BCUT2D eigenvalue weighted by atomic mass is 32.1. The molecule has 2 aromatic carbocycles. The Hall–Kier alpha value is -3.45. The third-order valence-corrected chi connectivity index (χ3v) is 5.29. The zero-order valence-corrected chi connectivity index (χ0v) is 16.9. The van der Waals surface area contributed by atoms with E-state index in [-0.39, 0.29) is 0 Å². The summed E-state index contributed by atoms with van der Waals surface area (Å²) < 4.78 is 10.7. The number of anilines is 1. The molecule has 0 aliphatic rings. The summed E-state index contributed by atoms with van der Waals surface area (Å²) in [4.78, 5) is 13.1. The minimum absolute atomic E-state index is 0.621. The van der Waals surface area contributed by atoms with Crippen LogP contribution in [0.4, 0.5) is 5.95 Å². The molecule has 4 aromatic rings. The molecule has 0 fully saturated rings. The Morgan fingerprint density at radius 2 is 1.62 bits per heavy atom. The van der Waals surface area contributed by atoms with Crippen molar-refractivity contribution in [3.63, 3.8) is 0 Å². The average molecular weight is 404 g/mol. The second kappa shape index (κ2) is 8.70. The van der Waals surface area contributed by atoms with Gasteiger partial charge in [0.05, 0.1) is 19.9 Å². The molecule has 0 atom stereocenters. The van der Waals surface area contributed by atoms with E-state index in [1.165, 1.54) is 0 Å². The summed E-state index contributed by atoms with van der Waals surface area (Å²) in [6.45, 7) is 0.666. The van der Waals surface area contributed by atoms with Crippen LogP contribution in [0.25, 0.3) is 21.8 Å². The van der Waals surface area contributed by atoms with Gasteiger partial charge in [-0.2, -0.15) is 0 Å². The van der Waals surface area contributed by atoms with Gasteiger partial charge in [-0.15, -0.1) is 11.3 Å². The summed E-state index contributed by atoms with van der Waals surface area (Å²) in [6.07, 6.45) is 3.44. The molecule has 146 valence electrons. The Bertz CT molecular complexity index is 1080. The quantitative estimate of drug-likeness (QED) is 0.473. The molecule has 2 aromatic heterocycles. The fourth-order valence-corrected chi connectivity index (χ4v) is 3.71. The van der Waals surface area contributed by atoms with E-state index in [1.54, 1.807) is 44.0 Å². The lowest BCUT2D eigenvalue weighted by atomic mass is 10.1. The van der Waals surface area contributed by atoms with Crippen molar-refractivity contribution in [1.29, 1.82) is 0 Å². The Morgan fingerprint density at radius 3 is 2.34 bits per heavy atom. The standard InChI is InChI=1S/C22H20N4O2S/c1-27-19-9-8-17(12-20(19)28-2)18-14-29-21(26-18)16-6-4-15(5-7-16)13-25-22-23-10-3-11-24-22/h3-12,14H,13H2,1-2H3,(H,23,24,25). The summed E-state index contributed by atoms with van der Waals surface area (Å²) in [5.41, 5.74) is 4.14. The monoisotopic (exact) mass is 404 g/mol. The molecule has 0 radical (unpaired) electrons. The van der Waals surface area contributed by atoms with E-state index in [9.17, 15) is 0 Å². The van der Waals surface area contributed by atoms with Gasteiger partial charge in [-0.3, -0.25) is 0 Å². The molecule has 1 N–H and O–H groups in total. The van der Waals surface area contributed by atoms with E-state index in [0.717, 1.165) is 27.4 Å². The second-order valence-electron chi connectivity index (χ2n) is 6.23. The third-order valence-electron chi connectivity index (χ3n) is 4.40. The summed E-state index contributed by atoms with van der Waals surface area (Å²) in [7, 11) is 3.26. The van der Waals surface area contributed by atoms with E-state index in [1.807, 2.05) is 18.2 Å². The number of benzene rings is 2. The summed E-state index contributed by atoms with van der Waals surface area (Å²) in [5, 5.41) is 6.24. The normalized spacial score (nSPS) is 10.6. The van der Waals surface area contributed by atoms with Crippen molar-refractivity contribution in [1.82, 2.24) is 15.0 Å². The number of hydrogen-bond donors (Lipinski definition) is 1. The highest BCUT2D eigenvalue weighted by Crippen LogP contribution is 2.34. The van der Waals surface area contributed by atoms with Gasteiger partial charge in [0.2, 0.25) is 5.95 Å². The summed E-state index contributed by atoms with van der Waals surface area (Å²) in [5.74, 6) is 2.02. The fraction of sp³-hybridized carbons (Fsp3) is 0.136. The Morgan fingerprint density at radius 1 is 0.897 bits per heavy atom. The fourth-order valence-electron chi connectivity index (χ4n) is 2.87. The van der Waals surface area contributed by atoms with Gasteiger partial charge < -0.3 is 14.8 Å². The molecule has 2 heterocycles. The first-order valence-electron chi connectivity index (χ1n) is 9.05. The molecule has 6 nitrogen and oxygen atoms in total. The topological polar surface area (TPSA) is 69.2 Å². The Kier molecular flexibility index (Phi) is 5.67. The minimum Gasteiger partial charge on any atom is -0.493 e. The van der Waals surface area contributed by atoms with Crippen LogP contribution in [-0.4, -0.2) is 29.2 Å². The molecule has 0 unspecified atom stereocenters. The molecular formula is C22H20N4O2S. The van der Waals surface area contributed by atoms with Gasteiger partial charge in [-0.1, -0.05) is 24.3 Å². The molecule has 0 amide bonds. The highest BCUT2D eigenvalue weighted by molar-refractivity contribution is 7.13. The van der Waals surface area contributed by atoms with Crippen LogP contribution in [0.15, 0.2) is 66.3 Å². The predicted octanol–water partition coefficient (Wildman–Crippen LogP) is 4.90. The largest absolute Gasteiger partial charge is 0.493 e. The highest BCUT2D eigenvalue weighted by Gasteiger charge is 2.10. The van der Waals surface area contributed by atoms with Crippen LogP contribution in [-0.2, 0) is 6.54 Å². The number of nitrogens with zero attached hydrogens (tertiary/aromatic N) is 3. The maximum atomic E-state index is 5.39. The maximum Gasteiger partial charge on any atom is 0.222 e. The van der Waals surface area contributed by atoms with Crippen LogP contribution < -0.4 is 14.8 Å². The van der Waals surface area contributed by atoms with Crippen molar-refractivity contribution < 1.29 is 9.47 Å². The zero-order valence-electron chi connectivity index (χ0n) is 16.1. The first-order valence-corrected chi connectivity index (χ1v) is 9.93. The number of ether oxygens (including phenoxy) is 2. The smallest absolute Gasteiger partial charge is 0.222 e. The number of methoxy groups -OCH3 is 2. The van der Waals surface area contributed by atoms with Gasteiger partial charge in [0.1, 0.15) is 5.01 Å². The molecule has 4 rings (SSSR count). The van der Waals surface area contributed by atoms with E-state index < -0.39 is 0 Å². The number of rotatable bonds is 7. The number of thiazole rings is 1. The third kappa shape index (κ3) is 4.35. The lowest BCUT2D eigenvalue weighted by molar-refractivity contribution is 0.355. The average Bonchev–Trinajstić information content (AvgIpc) is 3.28. The zero-order chi connectivity index (χ0) is 20.1. The Labute approximate surface area is 173 Å². The first-order chi connectivity index (χ1) is 14.3. The second-order valence-corrected chi connectivity index (χ2v) is 7.09. The summed E-state index contributed by atoms with van der Waals surface area (Å²) in [6, 6.07) is 16.0. The van der Waals surface area contributed by atoms with Gasteiger partial charge in [0.25, 0.3) is 0 Å².